The Morgan fingerprint density at radius 2 is 1.45 bits per heavy atom. The third-order valence-corrected chi connectivity index (χ3v) is 7.22. The summed E-state index contributed by atoms with van der Waals surface area (Å²) >= 11 is 0. The number of ether oxygens (including phenoxy) is 3. The van der Waals surface area contributed by atoms with Crippen LogP contribution in [-0.4, -0.2) is 35.1 Å². The normalized spacial score (nSPS) is 10.9. The zero-order valence-corrected chi connectivity index (χ0v) is 21.4. The minimum absolute atomic E-state index is 0.171. The quantitative estimate of drug-likeness (QED) is 0.289. The van der Waals surface area contributed by atoms with Gasteiger partial charge in [0, 0.05) is 11.8 Å². The second-order valence-electron chi connectivity index (χ2n) is 7.97. The van der Waals surface area contributed by atoms with Crippen LogP contribution in [0.1, 0.15) is 0 Å². The molecule has 1 N–H and O–H groups in total. The molecule has 0 aliphatic rings. The zero-order valence-electron chi connectivity index (χ0n) is 20.6. The molecule has 4 rings (SSSR count). The lowest BCUT2D eigenvalue weighted by Crippen LogP contribution is -2.38. The first-order chi connectivity index (χ1) is 18.3. The molecule has 0 aliphatic carbocycles. The third-order valence-electron chi connectivity index (χ3n) is 5.47. The second-order valence-corrected chi connectivity index (χ2v) is 9.83. The van der Waals surface area contributed by atoms with E-state index in [4.69, 9.17) is 14.2 Å². The summed E-state index contributed by atoms with van der Waals surface area (Å²) in [4.78, 5) is 12.8. The fraction of sp³-hybridized carbons (Fsp3) is 0.107. The molecule has 0 radical (unpaired) electrons. The van der Waals surface area contributed by atoms with Gasteiger partial charge >= 0.3 is 0 Å². The van der Waals surface area contributed by atoms with Crippen LogP contribution in [0.5, 0.6) is 23.0 Å². The molecule has 4 aromatic rings. The van der Waals surface area contributed by atoms with Crippen LogP contribution in [0.3, 0.4) is 0 Å². The van der Waals surface area contributed by atoms with E-state index in [-0.39, 0.29) is 16.3 Å². The van der Waals surface area contributed by atoms with Gasteiger partial charge in [0.25, 0.3) is 10.0 Å². The summed E-state index contributed by atoms with van der Waals surface area (Å²) in [5, 5.41) is 2.65. The summed E-state index contributed by atoms with van der Waals surface area (Å²) in [7, 11) is -1.60. The number of methoxy groups -OCH3 is 2. The van der Waals surface area contributed by atoms with Gasteiger partial charge in [-0.1, -0.05) is 30.3 Å². The zero-order chi connectivity index (χ0) is 27.1. The number of halogens is 1. The first kappa shape index (κ1) is 26.5. The van der Waals surface area contributed by atoms with Gasteiger partial charge in [0.2, 0.25) is 5.91 Å². The Morgan fingerprint density at radius 1 is 0.816 bits per heavy atom. The van der Waals surface area contributed by atoms with Crippen LogP contribution in [0.15, 0.2) is 102 Å². The number of para-hydroxylation sites is 2. The predicted octanol–water partition coefficient (Wildman–Crippen LogP) is 5.47. The van der Waals surface area contributed by atoms with Crippen molar-refractivity contribution in [1.29, 1.82) is 0 Å². The SMILES string of the molecule is COc1ccc(S(=O)(=O)N(CC(=O)Nc2ccc(Oc3ccccc3)cc2)c2ccccc2F)cc1OC. The molecule has 0 fully saturated rings. The fourth-order valence-corrected chi connectivity index (χ4v) is 5.06. The maximum atomic E-state index is 14.8. The van der Waals surface area contributed by atoms with Gasteiger partial charge in [-0.25, -0.2) is 12.8 Å². The van der Waals surface area contributed by atoms with E-state index in [0.717, 1.165) is 6.07 Å². The highest BCUT2D eigenvalue weighted by Crippen LogP contribution is 2.33. The van der Waals surface area contributed by atoms with E-state index in [0.29, 0.717) is 27.2 Å². The lowest BCUT2D eigenvalue weighted by atomic mass is 10.3. The van der Waals surface area contributed by atoms with Crippen molar-refractivity contribution in [2.45, 2.75) is 4.90 Å². The van der Waals surface area contributed by atoms with E-state index >= 15 is 0 Å². The molecule has 0 saturated carbocycles. The number of nitrogens with one attached hydrogen (secondary N) is 1. The molecule has 38 heavy (non-hydrogen) atoms. The Kier molecular flexibility index (Phi) is 8.12. The highest BCUT2D eigenvalue weighted by molar-refractivity contribution is 7.92. The molecule has 4 aromatic carbocycles. The highest BCUT2D eigenvalue weighted by Gasteiger charge is 2.30. The Morgan fingerprint density at radius 3 is 2.11 bits per heavy atom. The van der Waals surface area contributed by atoms with Gasteiger partial charge in [0.15, 0.2) is 11.5 Å². The topological polar surface area (TPSA) is 94.2 Å². The number of hydrogen-bond acceptors (Lipinski definition) is 6. The van der Waals surface area contributed by atoms with Crippen molar-refractivity contribution in [3.8, 4) is 23.0 Å². The average Bonchev–Trinajstić information content (AvgIpc) is 2.93. The molecule has 0 bridgehead atoms. The minimum atomic E-state index is -4.39. The molecular formula is C28H25FN2O6S. The van der Waals surface area contributed by atoms with Crippen molar-refractivity contribution < 1.29 is 31.8 Å². The van der Waals surface area contributed by atoms with E-state index < -0.39 is 28.3 Å². The standard InChI is InChI=1S/C28H25FN2O6S/c1-35-26-17-16-23(18-27(26)36-2)38(33,34)31(25-11-7-6-10-24(25)29)19-28(32)30-20-12-14-22(15-13-20)37-21-8-4-3-5-9-21/h3-18H,19H2,1-2H3,(H,30,32). The number of hydrogen-bond donors (Lipinski definition) is 1. The Balaban J connectivity index is 1.57. The molecule has 0 saturated heterocycles. The third kappa shape index (κ3) is 6.04. The van der Waals surface area contributed by atoms with Crippen molar-refractivity contribution in [3.05, 3.63) is 103 Å². The van der Waals surface area contributed by atoms with E-state index in [1.165, 1.54) is 50.6 Å². The summed E-state index contributed by atoms with van der Waals surface area (Å²) in [6.45, 7) is -0.681. The molecule has 1 amide bonds. The Bertz CT molecular complexity index is 1510. The smallest absolute Gasteiger partial charge is 0.265 e. The summed E-state index contributed by atoms with van der Waals surface area (Å²) in [5.74, 6) is 0.231. The number of sulfonamides is 1. The van der Waals surface area contributed by atoms with Gasteiger partial charge in [0.1, 0.15) is 23.9 Å². The van der Waals surface area contributed by atoms with Gasteiger partial charge in [-0.2, -0.15) is 0 Å². The van der Waals surface area contributed by atoms with E-state index in [9.17, 15) is 17.6 Å². The molecule has 0 atom stereocenters. The van der Waals surface area contributed by atoms with Gasteiger partial charge < -0.3 is 19.5 Å². The van der Waals surface area contributed by atoms with E-state index in [2.05, 4.69) is 5.32 Å². The van der Waals surface area contributed by atoms with Gasteiger partial charge in [-0.05, 0) is 60.7 Å². The average molecular weight is 537 g/mol. The fourth-order valence-electron chi connectivity index (χ4n) is 3.62. The molecule has 0 aliphatic heterocycles. The molecule has 196 valence electrons. The maximum Gasteiger partial charge on any atom is 0.265 e. The van der Waals surface area contributed by atoms with Crippen molar-refractivity contribution >= 4 is 27.3 Å². The largest absolute Gasteiger partial charge is 0.493 e. The number of carbonyl (C=O) groups excluding carboxylic acids is 1. The number of anilines is 2. The van der Waals surface area contributed by atoms with Crippen molar-refractivity contribution in [1.82, 2.24) is 0 Å². The predicted molar refractivity (Wildman–Crippen MR) is 142 cm³/mol. The molecule has 8 nitrogen and oxygen atoms in total. The van der Waals surface area contributed by atoms with Crippen LogP contribution in [-0.2, 0) is 14.8 Å². The van der Waals surface area contributed by atoms with Crippen molar-refractivity contribution in [3.63, 3.8) is 0 Å². The Labute approximate surface area is 220 Å². The first-order valence-electron chi connectivity index (χ1n) is 11.4. The number of carbonyl (C=O) groups is 1. The maximum absolute atomic E-state index is 14.8. The van der Waals surface area contributed by atoms with Gasteiger partial charge in [0.05, 0.1) is 24.8 Å². The minimum Gasteiger partial charge on any atom is -0.493 e. The lowest BCUT2D eigenvalue weighted by Gasteiger charge is -2.25. The molecule has 0 heterocycles. The van der Waals surface area contributed by atoms with Gasteiger partial charge in [-0.3, -0.25) is 9.10 Å². The van der Waals surface area contributed by atoms with Crippen LogP contribution in [0.2, 0.25) is 0 Å². The molecule has 0 unspecified atom stereocenters. The number of rotatable bonds is 10. The molecule has 0 spiro atoms. The van der Waals surface area contributed by atoms with E-state index in [1.54, 1.807) is 24.3 Å². The van der Waals surface area contributed by atoms with Crippen molar-refractivity contribution in [2.75, 3.05) is 30.4 Å². The summed E-state index contributed by atoms with van der Waals surface area (Å²) in [5.41, 5.74) is 0.136. The highest BCUT2D eigenvalue weighted by atomic mass is 32.2. The monoisotopic (exact) mass is 536 g/mol. The molecule has 0 aromatic heterocycles. The number of amides is 1. The van der Waals surface area contributed by atoms with Gasteiger partial charge in [-0.15, -0.1) is 0 Å². The second kappa shape index (κ2) is 11.7. The van der Waals surface area contributed by atoms with Crippen LogP contribution < -0.4 is 23.8 Å². The lowest BCUT2D eigenvalue weighted by molar-refractivity contribution is -0.114. The summed E-state index contributed by atoms with van der Waals surface area (Å²) < 4.78 is 58.9. The first-order valence-corrected chi connectivity index (χ1v) is 12.9. The summed E-state index contributed by atoms with van der Waals surface area (Å²) in [6, 6.07) is 25.1. The summed E-state index contributed by atoms with van der Waals surface area (Å²) in [6.07, 6.45) is 0. The van der Waals surface area contributed by atoms with Crippen LogP contribution in [0.4, 0.5) is 15.8 Å². The Hall–Kier alpha value is -4.57. The molecule has 10 heteroatoms. The van der Waals surface area contributed by atoms with Crippen molar-refractivity contribution in [2.24, 2.45) is 0 Å². The van der Waals surface area contributed by atoms with E-state index in [1.807, 2.05) is 30.3 Å². The number of benzene rings is 4. The van der Waals surface area contributed by atoms with Crippen LogP contribution in [0.25, 0.3) is 0 Å². The molecular weight excluding hydrogens is 511 g/mol. The number of nitrogens with zero attached hydrogens (tertiary/aromatic N) is 1. The van der Waals surface area contributed by atoms with Crippen LogP contribution in [0, 0.1) is 5.82 Å². The van der Waals surface area contributed by atoms with Crippen LogP contribution >= 0.6 is 0 Å².